The van der Waals surface area contributed by atoms with Crippen LogP contribution in [-0.2, 0) is 9.59 Å². The molecule has 0 saturated carbocycles. The van der Waals surface area contributed by atoms with Gasteiger partial charge < -0.3 is 4.90 Å². The normalized spacial score (nSPS) is 23.7. The Balaban J connectivity index is 1.25. The van der Waals surface area contributed by atoms with Gasteiger partial charge in [-0.1, -0.05) is 42.0 Å². The SMILES string of the molecule is O=C1C2CC=CCC2C(=O)N1CN1CCN(c2cnn(-c3ccccc3)c(=O)c2Cl)CC1. The van der Waals surface area contributed by atoms with Gasteiger partial charge in [-0.15, -0.1) is 0 Å². The number of hydrogen-bond donors (Lipinski definition) is 0. The lowest BCUT2D eigenvalue weighted by atomic mass is 9.85. The van der Waals surface area contributed by atoms with Crippen molar-refractivity contribution in [1.82, 2.24) is 19.6 Å². The molecule has 166 valence electrons. The van der Waals surface area contributed by atoms with Crippen LogP contribution < -0.4 is 10.5 Å². The Labute approximate surface area is 190 Å². The molecule has 2 fully saturated rings. The molecule has 32 heavy (non-hydrogen) atoms. The summed E-state index contributed by atoms with van der Waals surface area (Å²) in [6.45, 7) is 2.88. The maximum atomic E-state index is 12.8. The van der Waals surface area contributed by atoms with Crippen molar-refractivity contribution in [3.8, 4) is 5.69 Å². The molecule has 1 aromatic carbocycles. The van der Waals surface area contributed by atoms with Crippen LogP contribution in [0.5, 0.6) is 0 Å². The zero-order chi connectivity index (χ0) is 22.2. The number of likely N-dealkylation sites (tertiary alicyclic amines) is 1. The standard InChI is InChI=1S/C23H24ClN5O3/c24-20-19(14-25-29(23(20)32)16-6-2-1-3-7-16)27-12-10-26(11-13-27)15-28-21(30)17-8-4-5-9-18(17)22(28)31/h1-7,14,17-18H,8-13,15H2. The van der Waals surface area contributed by atoms with Gasteiger partial charge in [0, 0.05) is 26.2 Å². The monoisotopic (exact) mass is 453 g/mol. The van der Waals surface area contributed by atoms with Gasteiger partial charge in [0.2, 0.25) is 11.8 Å². The van der Waals surface area contributed by atoms with Gasteiger partial charge >= 0.3 is 0 Å². The van der Waals surface area contributed by atoms with Crippen molar-refractivity contribution in [3.63, 3.8) is 0 Å². The molecule has 2 saturated heterocycles. The summed E-state index contributed by atoms with van der Waals surface area (Å²) in [6, 6.07) is 9.16. The topological polar surface area (TPSA) is 78.8 Å². The summed E-state index contributed by atoms with van der Waals surface area (Å²) < 4.78 is 1.29. The largest absolute Gasteiger partial charge is 0.366 e. The Kier molecular flexibility index (Phi) is 5.57. The number of amides is 2. The molecule has 2 aliphatic heterocycles. The van der Waals surface area contributed by atoms with Gasteiger partial charge in [-0.05, 0) is 25.0 Å². The van der Waals surface area contributed by atoms with Crippen molar-refractivity contribution >= 4 is 29.1 Å². The number of halogens is 1. The fraction of sp³-hybridized carbons (Fsp3) is 0.391. The number of aromatic nitrogens is 2. The van der Waals surface area contributed by atoms with Crippen molar-refractivity contribution in [2.75, 3.05) is 37.7 Å². The minimum Gasteiger partial charge on any atom is -0.366 e. The molecule has 1 aliphatic carbocycles. The molecule has 1 aromatic heterocycles. The Morgan fingerprint density at radius 1 is 0.906 bits per heavy atom. The predicted octanol–water partition coefficient (Wildman–Crippen LogP) is 1.92. The lowest BCUT2D eigenvalue weighted by Gasteiger charge is -2.37. The number of anilines is 1. The second kappa shape index (κ2) is 8.52. The Bertz CT molecular complexity index is 1100. The average molecular weight is 454 g/mol. The van der Waals surface area contributed by atoms with E-state index in [0.717, 1.165) is 0 Å². The quantitative estimate of drug-likeness (QED) is 0.520. The molecule has 0 bridgehead atoms. The number of carbonyl (C=O) groups is 2. The van der Waals surface area contributed by atoms with Crippen LogP contribution in [0.15, 0.2) is 53.5 Å². The van der Waals surface area contributed by atoms with Crippen LogP contribution >= 0.6 is 11.6 Å². The third-order valence-electron chi connectivity index (χ3n) is 6.55. The van der Waals surface area contributed by atoms with E-state index in [1.165, 1.54) is 9.58 Å². The highest BCUT2D eigenvalue weighted by Gasteiger charge is 2.47. The van der Waals surface area contributed by atoms with Crippen LogP contribution in [0.3, 0.4) is 0 Å². The molecular formula is C23H24ClN5O3. The number of rotatable bonds is 4. The first-order chi connectivity index (χ1) is 15.5. The van der Waals surface area contributed by atoms with Crippen LogP contribution in [-0.4, -0.2) is 64.2 Å². The Morgan fingerprint density at radius 3 is 2.16 bits per heavy atom. The van der Waals surface area contributed by atoms with Crippen LogP contribution in [0, 0.1) is 11.8 Å². The summed E-state index contributed by atoms with van der Waals surface area (Å²) in [5.41, 5.74) is 0.905. The molecule has 2 amide bonds. The minimum absolute atomic E-state index is 0.0523. The van der Waals surface area contributed by atoms with Crippen molar-refractivity contribution in [2.24, 2.45) is 11.8 Å². The number of benzene rings is 1. The van der Waals surface area contributed by atoms with E-state index in [-0.39, 0.29) is 34.2 Å². The number of para-hydroxylation sites is 1. The number of carbonyl (C=O) groups excluding carboxylic acids is 2. The number of imide groups is 1. The molecule has 3 heterocycles. The highest BCUT2D eigenvalue weighted by molar-refractivity contribution is 6.33. The van der Waals surface area contributed by atoms with E-state index in [9.17, 15) is 14.4 Å². The zero-order valence-electron chi connectivity index (χ0n) is 17.6. The smallest absolute Gasteiger partial charge is 0.292 e. The van der Waals surface area contributed by atoms with Crippen molar-refractivity contribution < 1.29 is 9.59 Å². The molecule has 2 aromatic rings. The third kappa shape index (κ3) is 3.63. The highest BCUT2D eigenvalue weighted by atomic mass is 35.5. The number of nitrogens with zero attached hydrogens (tertiary/aromatic N) is 5. The second-order valence-electron chi connectivity index (χ2n) is 8.40. The van der Waals surface area contributed by atoms with E-state index in [1.54, 1.807) is 18.3 Å². The summed E-state index contributed by atoms with van der Waals surface area (Å²) >= 11 is 6.43. The van der Waals surface area contributed by atoms with Crippen molar-refractivity contribution in [1.29, 1.82) is 0 Å². The first-order valence-corrected chi connectivity index (χ1v) is 11.2. The molecule has 8 nitrogen and oxygen atoms in total. The molecule has 0 spiro atoms. The molecule has 5 rings (SSSR count). The first-order valence-electron chi connectivity index (χ1n) is 10.9. The highest BCUT2D eigenvalue weighted by Crippen LogP contribution is 2.35. The summed E-state index contributed by atoms with van der Waals surface area (Å²) in [5, 5.41) is 4.45. The minimum atomic E-state index is -0.359. The number of fused-ring (bicyclic) bond motifs is 1. The van der Waals surface area contributed by atoms with Crippen molar-refractivity contribution in [2.45, 2.75) is 12.8 Å². The molecule has 9 heteroatoms. The van der Waals surface area contributed by atoms with Gasteiger partial charge in [0.15, 0.2) is 0 Å². The molecule has 0 radical (unpaired) electrons. The first kappa shape index (κ1) is 20.9. The number of allylic oxidation sites excluding steroid dienone is 2. The van der Waals surface area contributed by atoms with E-state index < -0.39 is 0 Å². The summed E-state index contributed by atoms with van der Waals surface area (Å²) in [7, 11) is 0. The van der Waals surface area contributed by atoms with E-state index in [4.69, 9.17) is 11.6 Å². The van der Waals surface area contributed by atoms with E-state index in [0.29, 0.717) is 57.1 Å². The van der Waals surface area contributed by atoms with E-state index >= 15 is 0 Å². The Morgan fingerprint density at radius 2 is 1.53 bits per heavy atom. The molecule has 3 aliphatic rings. The number of hydrogen-bond acceptors (Lipinski definition) is 6. The fourth-order valence-electron chi connectivity index (χ4n) is 4.74. The van der Waals surface area contributed by atoms with Gasteiger partial charge in [0.1, 0.15) is 5.02 Å². The van der Waals surface area contributed by atoms with Crippen LogP contribution in [0.25, 0.3) is 5.69 Å². The molecule has 0 N–H and O–H groups in total. The van der Waals surface area contributed by atoms with Gasteiger partial charge in [-0.3, -0.25) is 24.2 Å². The lowest BCUT2D eigenvalue weighted by Crippen LogP contribution is -2.51. The van der Waals surface area contributed by atoms with E-state index in [1.807, 2.05) is 35.3 Å². The molecule has 2 unspecified atom stereocenters. The molecule has 2 atom stereocenters. The summed E-state index contributed by atoms with van der Waals surface area (Å²) in [6.07, 6.45) is 6.92. The summed E-state index contributed by atoms with van der Waals surface area (Å²) in [4.78, 5) is 43.7. The maximum absolute atomic E-state index is 12.8. The maximum Gasteiger partial charge on any atom is 0.292 e. The lowest BCUT2D eigenvalue weighted by molar-refractivity contribution is -0.142. The molecular weight excluding hydrogens is 430 g/mol. The predicted molar refractivity (Wildman–Crippen MR) is 121 cm³/mol. The van der Waals surface area contributed by atoms with Crippen molar-refractivity contribution in [3.05, 3.63) is 64.1 Å². The van der Waals surface area contributed by atoms with Gasteiger partial charge in [-0.2, -0.15) is 9.78 Å². The average Bonchev–Trinajstić information content (AvgIpc) is 3.07. The van der Waals surface area contributed by atoms with Gasteiger partial charge in [0.05, 0.1) is 36.1 Å². The van der Waals surface area contributed by atoms with E-state index in [2.05, 4.69) is 10.00 Å². The zero-order valence-corrected chi connectivity index (χ0v) is 18.3. The fourth-order valence-corrected chi connectivity index (χ4v) is 4.98. The number of piperazine rings is 1. The second-order valence-corrected chi connectivity index (χ2v) is 8.78. The van der Waals surface area contributed by atoms with Gasteiger partial charge in [-0.25, -0.2) is 0 Å². The van der Waals surface area contributed by atoms with Crippen LogP contribution in [0.2, 0.25) is 5.02 Å². The summed E-state index contributed by atoms with van der Waals surface area (Å²) in [5.74, 6) is -0.503. The van der Waals surface area contributed by atoms with Crippen LogP contribution in [0.4, 0.5) is 5.69 Å². The van der Waals surface area contributed by atoms with Crippen LogP contribution in [0.1, 0.15) is 12.8 Å². The van der Waals surface area contributed by atoms with Gasteiger partial charge in [0.25, 0.3) is 5.56 Å². The third-order valence-corrected chi connectivity index (χ3v) is 6.91. The Hall–Kier alpha value is -2.97.